The van der Waals surface area contributed by atoms with Gasteiger partial charge in [-0.05, 0) is 11.5 Å². The summed E-state index contributed by atoms with van der Waals surface area (Å²) in [5.41, 5.74) is 0. The molecule has 0 spiro atoms. The van der Waals surface area contributed by atoms with Crippen molar-refractivity contribution in [2.24, 2.45) is 0 Å². The third-order valence-corrected chi connectivity index (χ3v) is 5.59. The van der Waals surface area contributed by atoms with Gasteiger partial charge in [0, 0.05) is 8.80 Å². The van der Waals surface area contributed by atoms with Crippen molar-refractivity contribution in [1.29, 1.82) is 0 Å². The Morgan fingerprint density at radius 2 is 1.89 bits per heavy atom. The molecule has 1 heteroatoms. The van der Waals surface area contributed by atoms with Crippen LogP contribution in [0.3, 0.4) is 0 Å². The highest BCUT2D eigenvalue weighted by Gasteiger charge is 2.20. The van der Waals surface area contributed by atoms with Crippen LogP contribution in [-0.4, -0.2) is 8.80 Å². The van der Waals surface area contributed by atoms with E-state index in [0.29, 0.717) is 5.04 Å². The minimum atomic E-state index is -0.469. The highest BCUT2D eigenvalue weighted by molar-refractivity contribution is 6.59. The molecule has 0 aromatic heterocycles. The molecule has 54 valence electrons. The van der Waals surface area contributed by atoms with Crippen LogP contribution in [0.25, 0.3) is 0 Å². The fourth-order valence-corrected chi connectivity index (χ4v) is 1.25. The molecule has 0 N–H and O–H groups in total. The fourth-order valence-electron chi connectivity index (χ4n) is 0.608. The van der Waals surface area contributed by atoms with Crippen LogP contribution >= 0.6 is 0 Å². The van der Waals surface area contributed by atoms with Crippen molar-refractivity contribution in [2.45, 2.75) is 38.4 Å². The van der Waals surface area contributed by atoms with Crippen LogP contribution in [-0.2, 0) is 0 Å². The van der Waals surface area contributed by atoms with E-state index in [1.54, 1.807) is 0 Å². The molecule has 0 nitrogen and oxygen atoms in total. The van der Waals surface area contributed by atoms with Crippen LogP contribution in [0.5, 0.6) is 0 Å². The van der Waals surface area contributed by atoms with Gasteiger partial charge in [0.2, 0.25) is 0 Å². The molecule has 0 unspecified atom stereocenters. The van der Waals surface area contributed by atoms with Crippen molar-refractivity contribution in [3.8, 4) is 0 Å². The minimum absolute atomic E-state index is 0.469. The highest BCUT2D eigenvalue weighted by atomic mass is 28.3. The van der Waals surface area contributed by atoms with Gasteiger partial charge in [-0.15, -0.1) is 6.58 Å². The lowest BCUT2D eigenvalue weighted by Crippen LogP contribution is -2.19. The summed E-state index contributed by atoms with van der Waals surface area (Å²) in [6, 6.07) is 0. The van der Waals surface area contributed by atoms with Crippen LogP contribution in [0.15, 0.2) is 12.7 Å². The Morgan fingerprint density at radius 1 is 1.44 bits per heavy atom. The van der Waals surface area contributed by atoms with E-state index >= 15 is 0 Å². The van der Waals surface area contributed by atoms with Crippen molar-refractivity contribution in [1.82, 2.24) is 0 Å². The zero-order valence-electron chi connectivity index (χ0n) is 7.07. The average Bonchev–Trinajstić information content (AvgIpc) is 1.65. The monoisotopic (exact) mass is 142 g/mol. The summed E-state index contributed by atoms with van der Waals surface area (Å²) in [5.74, 6) is 0. The lowest BCUT2D eigenvalue weighted by molar-refractivity contribution is 0.672. The van der Waals surface area contributed by atoms with Gasteiger partial charge in [-0.3, -0.25) is 0 Å². The van der Waals surface area contributed by atoms with E-state index in [2.05, 4.69) is 33.5 Å². The lowest BCUT2D eigenvalue weighted by atomic mass is 10.1. The molecule has 0 aliphatic carbocycles. The number of hydrogen-bond acceptors (Lipinski definition) is 0. The molecule has 0 bridgehead atoms. The van der Waals surface area contributed by atoms with Crippen LogP contribution < -0.4 is 0 Å². The maximum Gasteiger partial charge on any atom is 0.0368 e. The molecule has 0 radical (unpaired) electrons. The first kappa shape index (κ1) is 8.96. The zero-order valence-corrected chi connectivity index (χ0v) is 8.22. The van der Waals surface area contributed by atoms with Crippen LogP contribution in [0, 0.1) is 0 Å². The molecule has 0 amide bonds. The predicted octanol–water partition coefficient (Wildman–Crippen LogP) is 2.83. The third-order valence-electron chi connectivity index (χ3n) is 2.23. The first-order valence-electron chi connectivity index (χ1n) is 3.61. The second kappa shape index (κ2) is 3.21. The molecule has 0 aliphatic rings. The van der Waals surface area contributed by atoms with Gasteiger partial charge in [0.25, 0.3) is 0 Å². The molecule has 0 heterocycles. The predicted molar refractivity (Wildman–Crippen MR) is 47.7 cm³/mol. The smallest absolute Gasteiger partial charge is 0.0368 e. The van der Waals surface area contributed by atoms with E-state index in [9.17, 15) is 0 Å². The maximum absolute atomic E-state index is 3.75. The number of hydrogen-bond donors (Lipinski definition) is 0. The summed E-state index contributed by atoms with van der Waals surface area (Å²) in [5, 5.41) is 0.571. The van der Waals surface area contributed by atoms with Gasteiger partial charge < -0.3 is 0 Å². The number of rotatable bonds is 3. The topological polar surface area (TPSA) is 0 Å². The largest absolute Gasteiger partial charge is 0.103 e. The Morgan fingerprint density at radius 3 is 2.00 bits per heavy atom. The average molecular weight is 142 g/mol. The van der Waals surface area contributed by atoms with Crippen LogP contribution in [0.4, 0.5) is 0 Å². The van der Waals surface area contributed by atoms with Crippen LogP contribution in [0.1, 0.15) is 20.3 Å². The van der Waals surface area contributed by atoms with Gasteiger partial charge in [0.15, 0.2) is 0 Å². The maximum atomic E-state index is 3.75. The molecule has 0 aliphatic heterocycles. The van der Waals surface area contributed by atoms with E-state index in [1.807, 2.05) is 6.08 Å². The Labute approximate surface area is 60.6 Å². The molecule has 9 heavy (non-hydrogen) atoms. The molecule has 0 saturated heterocycles. The fraction of sp³-hybridized carbons (Fsp3) is 0.750. The minimum Gasteiger partial charge on any atom is -0.103 e. The van der Waals surface area contributed by atoms with Crippen molar-refractivity contribution in [2.75, 3.05) is 0 Å². The zero-order chi connectivity index (χ0) is 7.49. The lowest BCUT2D eigenvalue weighted by Gasteiger charge is -2.26. The second-order valence-electron chi connectivity index (χ2n) is 3.64. The summed E-state index contributed by atoms with van der Waals surface area (Å²) < 4.78 is 0. The van der Waals surface area contributed by atoms with Gasteiger partial charge in [-0.1, -0.05) is 33.0 Å². The van der Waals surface area contributed by atoms with Gasteiger partial charge in [0.05, 0.1) is 0 Å². The van der Waals surface area contributed by atoms with E-state index in [0.717, 1.165) is 0 Å². The van der Waals surface area contributed by atoms with Gasteiger partial charge >= 0.3 is 0 Å². The first-order valence-corrected chi connectivity index (χ1v) is 6.50. The summed E-state index contributed by atoms with van der Waals surface area (Å²) in [6.07, 6.45) is 3.21. The molecule has 0 saturated carbocycles. The molecule has 0 aromatic carbocycles. The normalized spacial score (nSPS) is 12.1. The summed E-state index contributed by atoms with van der Waals surface area (Å²) in [6.45, 7) is 13.2. The summed E-state index contributed by atoms with van der Waals surface area (Å²) in [4.78, 5) is 0. The molecule has 0 fully saturated rings. The van der Waals surface area contributed by atoms with Gasteiger partial charge in [-0.2, -0.15) is 0 Å². The number of allylic oxidation sites excluding steroid dienone is 1. The Bertz CT molecular complexity index is 92.7. The Hall–Kier alpha value is -0.0431. The summed E-state index contributed by atoms with van der Waals surface area (Å²) in [7, 11) is -0.469. The van der Waals surface area contributed by atoms with Gasteiger partial charge in [0.1, 0.15) is 0 Å². The van der Waals surface area contributed by atoms with Gasteiger partial charge in [-0.25, -0.2) is 0 Å². The molecular weight excluding hydrogens is 124 g/mol. The van der Waals surface area contributed by atoms with E-state index < -0.39 is 8.80 Å². The quantitative estimate of drug-likeness (QED) is 0.420. The van der Waals surface area contributed by atoms with E-state index in [1.165, 1.54) is 6.42 Å². The van der Waals surface area contributed by atoms with Crippen molar-refractivity contribution in [3.05, 3.63) is 12.7 Å². The molecular formula is C8H18Si. The second-order valence-corrected chi connectivity index (χ2v) is 7.51. The van der Waals surface area contributed by atoms with Crippen molar-refractivity contribution in [3.63, 3.8) is 0 Å². The Kier molecular flexibility index (Phi) is 3.19. The van der Waals surface area contributed by atoms with E-state index in [-0.39, 0.29) is 0 Å². The van der Waals surface area contributed by atoms with E-state index in [4.69, 9.17) is 0 Å². The van der Waals surface area contributed by atoms with Crippen molar-refractivity contribution >= 4 is 8.80 Å². The first-order chi connectivity index (χ1) is 4.00. The van der Waals surface area contributed by atoms with Crippen molar-refractivity contribution < 1.29 is 0 Å². The molecule has 0 rings (SSSR count). The highest BCUT2D eigenvalue weighted by Crippen LogP contribution is 2.32. The third kappa shape index (κ3) is 2.85. The van der Waals surface area contributed by atoms with Crippen LogP contribution in [0.2, 0.25) is 18.1 Å². The summed E-state index contributed by atoms with van der Waals surface area (Å²) >= 11 is 0. The SMILES string of the molecule is C=CCC(C)(C)[SiH](C)C. The molecule has 0 aromatic rings. The Balaban J connectivity index is 3.84. The standard InChI is InChI=1S/C8H18Si/c1-6-7-8(2,3)9(4)5/h6,9H,1,7H2,2-5H3. The molecule has 0 atom stereocenters.